The summed E-state index contributed by atoms with van der Waals surface area (Å²) in [6.45, 7) is 5.59. The monoisotopic (exact) mass is 431 g/mol. The van der Waals surface area contributed by atoms with Crippen LogP contribution in [-0.4, -0.2) is 48.2 Å². The first kappa shape index (κ1) is 21.1. The van der Waals surface area contributed by atoms with Gasteiger partial charge in [-0.05, 0) is 29.9 Å². The van der Waals surface area contributed by atoms with E-state index in [1.54, 1.807) is 6.07 Å². The first-order valence-electron chi connectivity index (χ1n) is 10.3. The van der Waals surface area contributed by atoms with Crippen LogP contribution in [0, 0.1) is 0 Å². The van der Waals surface area contributed by atoms with E-state index in [4.69, 9.17) is 16.3 Å². The van der Waals surface area contributed by atoms with Crippen molar-refractivity contribution < 1.29 is 13.9 Å². The number of rotatable bonds is 7. The number of methoxy groups -OCH3 is 1. The Hall–Kier alpha value is -2.18. The van der Waals surface area contributed by atoms with Gasteiger partial charge in [-0.1, -0.05) is 49.7 Å². The number of nitrogens with one attached hydrogen (secondary N) is 1. The number of anilines is 1. The minimum absolute atomic E-state index is 0.141. The molecule has 1 saturated heterocycles. The molecule has 1 aliphatic carbocycles. The molecular weight excluding hydrogens is 405 g/mol. The van der Waals surface area contributed by atoms with E-state index in [-0.39, 0.29) is 17.0 Å². The molecular formula is C23H27ClFN3O2. The lowest BCUT2D eigenvalue weighted by Crippen LogP contribution is -2.66. The number of carbonyl (C=O) groups excluding carboxylic acids is 1. The molecule has 1 saturated carbocycles. The Bertz CT molecular complexity index is 955. The second kappa shape index (κ2) is 7.82. The number of hydrogen-bond donors (Lipinski definition) is 1. The molecule has 1 N–H and O–H groups in total. The van der Waals surface area contributed by atoms with Crippen molar-refractivity contribution in [2.45, 2.75) is 43.7 Å². The van der Waals surface area contributed by atoms with Crippen molar-refractivity contribution in [2.24, 2.45) is 0 Å². The highest BCUT2D eigenvalue weighted by Gasteiger charge is 2.55. The Labute approximate surface area is 181 Å². The maximum atomic E-state index is 14.3. The highest BCUT2D eigenvalue weighted by molar-refractivity contribution is 6.29. The smallest absolute Gasteiger partial charge is 0.237 e. The average Bonchev–Trinajstić information content (AvgIpc) is 3.42. The maximum absolute atomic E-state index is 14.3. The van der Waals surface area contributed by atoms with Crippen molar-refractivity contribution in [1.29, 1.82) is 0 Å². The predicted octanol–water partition coefficient (Wildman–Crippen LogP) is 4.56. The number of benzene rings is 1. The summed E-state index contributed by atoms with van der Waals surface area (Å²) in [5.74, 6) is 0.577. The zero-order valence-corrected chi connectivity index (χ0v) is 18.3. The fourth-order valence-electron chi connectivity index (χ4n) is 4.31. The summed E-state index contributed by atoms with van der Waals surface area (Å²) < 4.78 is 19.7. The molecule has 1 aliphatic heterocycles. The molecule has 0 radical (unpaired) electrons. The summed E-state index contributed by atoms with van der Waals surface area (Å²) in [6.07, 6.45) is 2.72. The Morgan fingerprint density at radius 2 is 2.03 bits per heavy atom. The molecule has 2 heterocycles. The SMILES string of the molecule is COc1cc(Cl)ncc1NC(=O)C1(c2ccccc2C(C)C)CN(CC2(F)CC2)C1. The van der Waals surface area contributed by atoms with E-state index in [9.17, 15) is 9.18 Å². The third-order valence-corrected chi connectivity index (χ3v) is 6.33. The van der Waals surface area contributed by atoms with Crippen LogP contribution in [0.1, 0.15) is 43.7 Å². The van der Waals surface area contributed by atoms with Crippen LogP contribution in [0.25, 0.3) is 0 Å². The Morgan fingerprint density at radius 3 is 2.67 bits per heavy atom. The van der Waals surface area contributed by atoms with E-state index < -0.39 is 11.1 Å². The maximum Gasteiger partial charge on any atom is 0.237 e. The lowest BCUT2D eigenvalue weighted by atomic mass is 9.69. The van der Waals surface area contributed by atoms with Gasteiger partial charge in [0, 0.05) is 25.7 Å². The molecule has 2 aromatic rings. The van der Waals surface area contributed by atoms with Crippen LogP contribution < -0.4 is 10.1 Å². The van der Waals surface area contributed by atoms with E-state index in [0.717, 1.165) is 11.1 Å². The van der Waals surface area contributed by atoms with Crippen molar-refractivity contribution in [3.63, 3.8) is 0 Å². The number of aromatic nitrogens is 1. The second-order valence-electron chi connectivity index (χ2n) is 8.78. The summed E-state index contributed by atoms with van der Waals surface area (Å²) in [6, 6.07) is 9.61. The Balaban J connectivity index is 1.66. The molecule has 1 aromatic heterocycles. The molecule has 5 nitrogen and oxygen atoms in total. The van der Waals surface area contributed by atoms with Gasteiger partial charge in [-0.15, -0.1) is 0 Å². The quantitative estimate of drug-likeness (QED) is 0.653. The van der Waals surface area contributed by atoms with Crippen molar-refractivity contribution >= 4 is 23.2 Å². The number of halogens is 2. The van der Waals surface area contributed by atoms with Crippen molar-refractivity contribution in [1.82, 2.24) is 9.88 Å². The average molecular weight is 432 g/mol. The zero-order chi connectivity index (χ0) is 21.5. The van der Waals surface area contributed by atoms with Gasteiger partial charge in [0.2, 0.25) is 5.91 Å². The molecule has 0 bridgehead atoms. The van der Waals surface area contributed by atoms with E-state index in [2.05, 4.69) is 30.2 Å². The van der Waals surface area contributed by atoms with Gasteiger partial charge >= 0.3 is 0 Å². The van der Waals surface area contributed by atoms with Gasteiger partial charge < -0.3 is 10.1 Å². The molecule has 30 heavy (non-hydrogen) atoms. The van der Waals surface area contributed by atoms with E-state index in [1.807, 2.05) is 23.1 Å². The number of carbonyl (C=O) groups is 1. The van der Waals surface area contributed by atoms with Gasteiger partial charge in [-0.3, -0.25) is 9.69 Å². The molecule has 1 aromatic carbocycles. The van der Waals surface area contributed by atoms with E-state index in [0.29, 0.717) is 43.9 Å². The minimum atomic E-state index is -1.08. The van der Waals surface area contributed by atoms with Gasteiger partial charge in [0.1, 0.15) is 22.3 Å². The molecule has 0 spiro atoms. The summed E-state index contributed by atoms with van der Waals surface area (Å²) in [4.78, 5) is 19.7. The summed E-state index contributed by atoms with van der Waals surface area (Å²) >= 11 is 5.95. The first-order chi connectivity index (χ1) is 14.3. The number of hydrogen-bond acceptors (Lipinski definition) is 4. The second-order valence-corrected chi connectivity index (χ2v) is 9.17. The van der Waals surface area contributed by atoms with Crippen molar-refractivity contribution in [3.05, 3.63) is 52.8 Å². The van der Waals surface area contributed by atoms with E-state index >= 15 is 0 Å². The summed E-state index contributed by atoms with van der Waals surface area (Å²) in [7, 11) is 1.52. The predicted molar refractivity (Wildman–Crippen MR) is 116 cm³/mol. The standard InChI is InChI=1S/C23H27ClFN3O2/c1-15(2)16-6-4-5-7-17(16)23(13-28(14-23)12-22(25)8-9-22)21(29)27-18-11-26-20(24)10-19(18)30-3/h4-7,10-11,15H,8-9,12-14H2,1-3H3,(H,27,29). The Kier molecular flexibility index (Phi) is 5.49. The van der Waals surface area contributed by atoms with Crippen LogP contribution in [0.4, 0.5) is 10.1 Å². The van der Waals surface area contributed by atoms with Gasteiger partial charge in [0.15, 0.2) is 0 Å². The number of nitrogens with zero attached hydrogens (tertiary/aromatic N) is 2. The number of likely N-dealkylation sites (tertiary alicyclic amines) is 1. The highest BCUT2D eigenvalue weighted by atomic mass is 35.5. The molecule has 0 atom stereocenters. The lowest BCUT2D eigenvalue weighted by Gasteiger charge is -2.50. The fraction of sp³-hybridized carbons (Fsp3) is 0.478. The molecule has 2 fully saturated rings. The summed E-state index contributed by atoms with van der Waals surface area (Å²) in [5, 5.41) is 3.28. The van der Waals surface area contributed by atoms with Gasteiger partial charge in [-0.25, -0.2) is 9.37 Å². The number of alkyl halides is 1. The molecule has 7 heteroatoms. The van der Waals surface area contributed by atoms with Crippen LogP contribution >= 0.6 is 11.6 Å². The zero-order valence-electron chi connectivity index (χ0n) is 17.5. The largest absolute Gasteiger partial charge is 0.494 e. The van der Waals surface area contributed by atoms with Crippen LogP contribution in [0.2, 0.25) is 5.15 Å². The summed E-state index contributed by atoms with van der Waals surface area (Å²) in [5.41, 5.74) is 0.768. The number of amides is 1. The van der Waals surface area contributed by atoms with Gasteiger partial charge in [0.05, 0.1) is 18.7 Å². The molecule has 4 rings (SSSR count). The van der Waals surface area contributed by atoms with Gasteiger partial charge in [0.25, 0.3) is 0 Å². The fourth-order valence-corrected chi connectivity index (χ4v) is 4.46. The normalized spacial score (nSPS) is 19.3. The van der Waals surface area contributed by atoms with Crippen LogP contribution in [-0.2, 0) is 10.2 Å². The molecule has 2 aliphatic rings. The molecule has 0 unspecified atom stereocenters. The highest BCUT2D eigenvalue weighted by Crippen LogP contribution is 2.45. The molecule has 1 amide bonds. The van der Waals surface area contributed by atoms with E-state index in [1.165, 1.54) is 13.3 Å². The van der Waals surface area contributed by atoms with Crippen LogP contribution in [0.15, 0.2) is 36.5 Å². The third-order valence-electron chi connectivity index (χ3n) is 6.12. The lowest BCUT2D eigenvalue weighted by molar-refractivity contribution is -0.128. The van der Waals surface area contributed by atoms with Gasteiger partial charge in [-0.2, -0.15) is 0 Å². The van der Waals surface area contributed by atoms with Crippen LogP contribution in [0.3, 0.4) is 0 Å². The topological polar surface area (TPSA) is 54.5 Å². The minimum Gasteiger partial charge on any atom is -0.494 e. The molecule has 160 valence electrons. The first-order valence-corrected chi connectivity index (χ1v) is 10.7. The Morgan fingerprint density at radius 1 is 1.33 bits per heavy atom. The van der Waals surface area contributed by atoms with Crippen LogP contribution in [0.5, 0.6) is 5.75 Å². The number of pyridine rings is 1. The van der Waals surface area contributed by atoms with Crippen molar-refractivity contribution in [3.8, 4) is 5.75 Å². The number of ether oxygens (including phenoxy) is 1. The third kappa shape index (κ3) is 3.91. The van der Waals surface area contributed by atoms with Crippen molar-refractivity contribution in [2.75, 3.05) is 32.1 Å².